The number of ether oxygens (including phenoxy) is 1. The Morgan fingerprint density at radius 3 is 2.96 bits per heavy atom. The van der Waals surface area contributed by atoms with E-state index in [1.165, 1.54) is 6.33 Å². The molecule has 0 spiro atoms. The SMILES string of the molecule is CCOc1ccccc1CNC(=O)c1c(C)oc2nc[nH]c(=O)c12. The van der Waals surface area contributed by atoms with E-state index in [1.54, 1.807) is 6.92 Å². The normalized spacial score (nSPS) is 10.8. The minimum Gasteiger partial charge on any atom is -0.494 e. The highest BCUT2D eigenvalue weighted by molar-refractivity contribution is 6.06. The number of benzene rings is 1. The maximum atomic E-state index is 12.5. The van der Waals surface area contributed by atoms with Crippen LogP contribution in [0.4, 0.5) is 0 Å². The molecule has 0 unspecified atom stereocenters. The number of hydrogen-bond acceptors (Lipinski definition) is 5. The summed E-state index contributed by atoms with van der Waals surface area (Å²) in [5.41, 5.74) is 0.797. The summed E-state index contributed by atoms with van der Waals surface area (Å²) >= 11 is 0. The van der Waals surface area contributed by atoms with E-state index in [9.17, 15) is 9.59 Å². The van der Waals surface area contributed by atoms with Crippen LogP contribution in [0.5, 0.6) is 5.75 Å². The number of nitrogens with one attached hydrogen (secondary N) is 2. The first-order valence-corrected chi connectivity index (χ1v) is 7.57. The molecule has 2 N–H and O–H groups in total. The van der Waals surface area contributed by atoms with E-state index in [2.05, 4.69) is 15.3 Å². The molecule has 1 aromatic carbocycles. The molecule has 0 atom stereocenters. The quantitative estimate of drug-likeness (QED) is 0.748. The fourth-order valence-corrected chi connectivity index (χ4v) is 2.54. The zero-order chi connectivity index (χ0) is 17.1. The fraction of sp³-hybridized carbons (Fsp3) is 0.235. The van der Waals surface area contributed by atoms with Crippen LogP contribution in [-0.4, -0.2) is 22.5 Å². The Kier molecular flexibility index (Phi) is 4.33. The molecule has 124 valence electrons. The Bertz CT molecular complexity index is 942. The summed E-state index contributed by atoms with van der Waals surface area (Å²) in [6.45, 7) is 4.34. The summed E-state index contributed by atoms with van der Waals surface area (Å²) in [6, 6.07) is 7.46. The van der Waals surface area contributed by atoms with Gasteiger partial charge in [-0.3, -0.25) is 9.59 Å². The molecule has 0 radical (unpaired) electrons. The molecule has 1 amide bonds. The van der Waals surface area contributed by atoms with Crippen LogP contribution in [-0.2, 0) is 6.54 Å². The van der Waals surface area contributed by atoms with Gasteiger partial charge in [0.15, 0.2) is 0 Å². The molecule has 2 aromatic heterocycles. The largest absolute Gasteiger partial charge is 0.494 e. The van der Waals surface area contributed by atoms with E-state index >= 15 is 0 Å². The van der Waals surface area contributed by atoms with Gasteiger partial charge in [0.05, 0.1) is 18.5 Å². The molecule has 0 fully saturated rings. The maximum Gasteiger partial charge on any atom is 0.262 e. The summed E-state index contributed by atoms with van der Waals surface area (Å²) in [4.78, 5) is 30.9. The molecule has 7 nitrogen and oxygen atoms in total. The number of aromatic nitrogens is 2. The highest BCUT2D eigenvalue weighted by Gasteiger charge is 2.21. The number of para-hydroxylation sites is 1. The van der Waals surface area contributed by atoms with Crippen LogP contribution in [0.15, 0.2) is 39.8 Å². The summed E-state index contributed by atoms with van der Waals surface area (Å²) in [5, 5.41) is 2.96. The van der Waals surface area contributed by atoms with E-state index < -0.39 is 11.5 Å². The smallest absolute Gasteiger partial charge is 0.262 e. The molecule has 24 heavy (non-hydrogen) atoms. The first-order chi connectivity index (χ1) is 11.6. The highest BCUT2D eigenvalue weighted by atomic mass is 16.5. The van der Waals surface area contributed by atoms with E-state index in [-0.39, 0.29) is 23.2 Å². The lowest BCUT2D eigenvalue weighted by atomic mass is 10.1. The molecule has 0 bridgehead atoms. The Labute approximate surface area is 137 Å². The standard InChI is InChI=1S/C17H17N3O4/c1-3-23-12-7-5-4-6-11(12)8-18-15(21)13-10(2)24-17-14(13)16(22)19-9-20-17/h4-7,9H,3,8H2,1-2H3,(H,18,21)(H,19,20,22). The number of fused-ring (bicyclic) bond motifs is 1. The number of furan rings is 1. The van der Waals surface area contributed by atoms with E-state index in [4.69, 9.17) is 9.15 Å². The van der Waals surface area contributed by atoms with Crippen molar-refractivity contribution in [3.8, 4) is 5.75 Å². The molecular formula is C17H17N3O4. The molecule has 7 heteroatoms. The molecular weight excluding hydrogens is 310 g/mol. The number of aryl methyl sites for hydroxylation is 1. The lowest BCUT2D eigenvalue weighted by molar-refractivity contribution is 0.0950. The molecule has 0 saturated carbocycles. The van der Waals surface area contributed by atoms with E-state index in [1.807, 2.05) is 31.2 Å². The van der Waals surface area contributed by atoms with Crippen molar-refractivity contribution >= 4 is 17.0 Å². The van der Waals surface area contributed by atoms with Gasteiger partial charge in [-0.15, -0.1) is 0 Å². The van der Waals surface area contributed by atoms with Gasteiger partial charge in [-0.05, 0) is 19.9 Å². The van der Waals surface area contributed by atoms with E-state index in [0.717, 1.165) is 5.56 Å². The summed E-state index contributed by atoms with van der Waals surface area (Å²) in [7, 11) is 0. The molecule has 3 rings (SSSR count). The molecule has 0 saturated heterocycles. The van der Waals surface area contributed by atoms with Crippen LogP contribution in [0.2, 0.25) is 0 Å². The number of amides is 1. The van der Waals surface area contributed by atoms with Crippen molar-refractivity contribution < 1.29 is 13.9 Å². The van der Waals surface area contributed by atoms with Gasteiger partial charge in [-0.25, -0.2) is 4.98 Å². The minimum absolute atomic E-state index is 0.149. The monoisotopic (exact) mass is 327 g/mol. The lowest BCUT2D eigenvalue weighted by Crippen LogP contribution is -2.25. The molecule has 3 aromatic rings. The Morgan fingerprint density at radius 2 is 2.17 bits per heavy atom. The average Bonchev–Trinajstić information content (AvgIpc) is 2.91. The van der Waals surface area contributed by atoms with Crippen molar-refractivity contribution in [1.82, 2.24) is 15.3 Å². The predicted molar refractivity (Wildman–Crippen MR) is 88.1 cm³/mol. The zero-order valence-electron chi connectivity index (χ0n) is 13.4. The second-order valence-electron chi connectivity index (χ2n) is 5.17. The first kappa shape index (κ1) is 15.8. The van der Waals surface area contributed by atoms with Crippen LogP contribution in [0.25, 0.3) is 11.1 Å². The second kappa shape index (κ2) is 6.57. The third-order valence-electron chi connectivity index (χ3n) is 3.61. The van der Waals surface area contributed by atoms with Crippen molar-refractivity contribution in [3.63, 3.8) is 0 Å². The lowest BCUT2D eigenvalue weighted by Gasteiger charge is -2.10. The Morgan fingerprint density at radius 1 is 1.38 bits per heavy atom. The number of hydrogen-bond donors (Lipinski definition) is 2. The van der Waals surface area contributed by atoms with Crippen molar-refractivity contribution in [2.75, 3.05) is 6.61 Å². The number of aromatic amines is 1. The predicted octanol–water partition coefficient (Wildman–Crippen LogP) is 2.15. The van der Waals surface area contributed by atoms with Gasteiger partial charge in [-0.2, -0.15) is 0 Å². The number of rotatable bonds is 5. The molecule has 0 aliphatic rings. The zero-order valence-corrected chi connectivity index (χ0v) is 13.4. The van der Waals surface area contributed by atoms with Crippen molar-refractivity contribution in [2.45, 2.75) is 20.4 Å². The third-order valence-corrected chi connectivity index (χ3v) is 3.61. The van der Waals surface area contributed by atoms with Crippen molar-refractivity contribution in [2.24, 2.45) is 0 Å². The number of nitrogens with zero attached hydrogens (tertiary/aromatic N) is 1. The number of H-pyrrole nitrogens is 1. The van der Waals surface area contributed by atoms with E-state index in [0.29, 0.717) is 18.1 Å². The van der Waals surface area contributed by atoms with Crippen molar-refractivity contribution in [3.05, 3.63) is 57.8 Å². The van der Waals surface area contributed by atoms with Crippen LogP contribution in [0.1, 0.15) is 28.6 Å². The number of carbonyl (C=O) groups excluding carboxylic acids is 1. The highest BCUT2D eigenvalue weighted by Crippen LogP contribution is 2.21. The minimum atomic E-state index is -0.406. The van der Waals surface area contributed by atoms with Gasteiger partial charge >= 0.3 is 0 Å². The van der Waals surface area contributed by atoms with Crippen LogP contribution >= 0.6 is 0 Å². The van der Waals surface area contributed by atoms with Gasteiger partial charge in [0.1, 0.15) is 16.9 Å². The van der Waals surface area contributed by atoms with Crippen molar-refractivity contribution in [1.29, 1.82) is 0 Å². The van der Waals surface area contributed by atoms with Crippen LogP contribution in [0.3, 0.4) is 0 Å². The second-order valence-corrected chi connectivity index (χ2v) is 5.17. The topological polar surface area (TPSA) is 97.2 Å². The summed E-state index contributed by atoms with van der Waals surface area (Å²) in [5.74, 6) is 0.675. The molecule has 2 heterocycles. The summed E-state index contributed by atoms with van der Waals surface area (Å²) < 4.78 is 10.9. The van der Waals surface area contributed by atoms with Gasteiger partial charge in [0, 0.05) is 12.1 Å². The Hall–Kier alpha value is -3.09. The fourth-order valence-electron chi connectivity index (χ4n) is 2.54. The van der Waals surface area contributed by atoms with Crippen LogP contribution in [0, 0.1) is 6.92 Å². The van der Waals surface area contributed by atoms with Gasteiger partial charge in [0.25, 0.3) is 11.5 Å². The third kappa shape index (κ3) is 2.88. The maximum absolute atomic E-state index is 12.5. The number of carbonyl (C=O) groups is 1. The first-order valence-electron chi connectivity index (χ1n) is 7.57. The van der Waals surface area contributed by atoms with Gasteiger partial charge in [0.2, 0.25) is 5.71 Å². The Balaban J connectivity index is 1.87. The van der Waals surface area contributed by atoms with Gasteiger partial charge in [-0.1, -0.05) is 18.2 Å². The van der Waals surface area contributed by atoms with Crippen LogP contribution < -0.4 is 15.6 Å². The molecule has 0 aliphatic carbocycles. The summed E-state index contributed by atoms with van der Waals surface area (Å²) in [6.07, 6.45) is 1.24. The molecule has 0 aliphatic heterocycles. The average molecular weight is 327 g/mol. The van der Waals surface area contributed by atoms with Gasteiger partial charge < -0.3 is 19.5 Å².